The van der Waals surface area contributed by atoms with Crippen molar-refractivity contribution in [1.29, 1.82) is 0 Å². The van der Waals surface area contributed by atoms with Crippen molar-refractivity contribution in [3.05, 3.63) is 0 Å². The molecule has 0 saturated heterocycles. The van der Waals surface area contributed by atoms with Gasteiger partial charge in [0.05, 0.1) is 0 Å². The summed E-state index contributed by atoms with van der Waals surface area (Å²) < 4.78 is 2.84. The highest BCUT2D eigenvalue weighted by Crippen LogP contribution is 2.68. The van der Waals surface area contributed by atoms with Crippen LogP contribution in [-0.4, -0.2) is 18.6 Å². The molecule has 10 heteroatoms. The van der Waals surface area contributed by atoms with Gasteiger partial charge >= 0.3 is 0 Å². The summed E-state index contributed by atoms with van der Waals surface area (Å²) in [5.41, 5.74) is 0. The number of hydrogen-bond donors (Lipinski definition) is 0. The Kier molecular flexibility index (Phi) is 9.64. The van der Waals surface area contributed by atoms with Gasteiger partial charge in [-0.3, -0.25) is 0 Å². The molecular weight excluding hydrogens is 819 g/mol. The first-order valence-corrected chi connectivity index (χ1v) is 11.3. The van der Waals surface area contributed by atoms with E-state index in [2.05, 4.69) is 143 Å². The third-order valence-corrected chi connectivity index (χ3v) is 17.2. The third-order valence-electron chi connectivity index (χ3n) is 1.60. The summed E-state index contributed by atoms with van der Waals surface area (Å²) in [5, 5.41) is 0. The summed E-state index contributed by atoms with van der Waals surface area (Å²) >= 11 is 31.9. The lowest BCUT2D eigenvalue weighted by molar-refractivity contribution is 0.0931. The minimum absolute atomic E-state index is 0.603. The number of rotatable bonds is 5. The molecule has 0 spiro atoms. The molecule has 0 aliphatic carbocycles. The predicted octanol–water partition coefficient (Wildman–Crippen LogP) is 7.67. The van der Waals surface area contributed by atoms with Gasteiger partial charge in [-0.1, -0.05) is 118 Å². The van der Waals surface area contributed by atoms with Gasteiger partial charge < -0.3 is 4.74 Å². The van der Waals surface area contributed by atoms with E-state index in [1.807, 2.05) is 6.92 Å². The van der Waals surface area contributed by atoms with Crippen molar-refractivity contribution in [2.45, 2.75) is 25.4 Å². The fraction of sp³-hybridized carbons (Fsp3) is 1.00. The number of hydrogen-bond acceptors (Lipinski definition) is 1. The molecule has 0 bridgehead atoms. The Hall–Kier alpha value is 4.28. The Bertz CT molecular complexity index is 257. The summed E-state index contributed by atoms with van der Waals surface area (Å²) in [6.45, 7) is 2.64. The number of halogens is 9. The van der Waals surface area contributed by atoms with Crippen LogP contribution in [0, 0.1) is 0 Å². The highest BCUT2D eigenvalue weighted by Gasteiger charge is 2.65. The normalized spacial score (nSPS) is 15.2. The van der Waals surface area contributed by atoms with E-state index in [4.69, 9.17) is 4.74 Å². The highest BCUT2D eigenvalue weighted by molar-refractivity contribution is 9.42. The van der Waals surface area contributed by atoms with Crippen molar-refractivity contribution in [3.8, 4) is 0 Å². The average molecular weight is 826 g/mol. The molecule has 0 aliphatic rings. The van der Waals surface area contributed by atoms with Crippen LogP contribution in [0.25, 0.3) is 0 Å². The van der Waals surface area contributed by atoms with E-state index in [0.717, 1.165) is 6.42 Å². The summed E-state index contributed by atoms with van der Waals surface area (Å²) in [6, 6.07) is 0. The maximum atomic E-state index is 5.74. The van der Waals surface area contributed by atoms with Crippen LogP contribution in [0.15, 0.2) is 0 Å². The molecule has 0 aromatic rings. The van der Waals surface area contributed by atoms with Crippen molar-refractivity contribution < 1.29 is 4.74 Å². The molecule has 0 radical (unpaired) electrons. The van der Waals surface area contributed by atoms with E-state index < -0.39 is 12.0 Å². The van der Waals surface area contributed by atoms with Crippen molar-refractivity contribution in [2.75, 3.05) is 6.61 Å². The summed E-state index contributed by atoms with van der Waals surface area (Å²) in [5.74, 6) is 0. The van der Waals surface area contributed by atoms with Gasteiger partial charge in [0, 0.05) is 6.61 Å². The van der Waals surface area contributed by atoms with E-state index in [-0.39, 0.29) is 0 Å². The van der Waals surface area contributed by atoms with Crippen molar-refractivity contribution >= 4 is 143 Å². The molecule has 0 heterocycles. The Labute approximate surface area is 177 Å². The van der Waals surface area contributed by atoms with E-state index in [0.29, 0.717) is 6.61 Å². The van der Waals surface area contributed by atoms with E-state index >= 15 is 0 Å². The Morgan fingerprint density at radius 1 is 0.765 bits per heavy atom. The second-order valence-corrected chi connectivity index (χ2v) is 20.0. The summed E-state index contributed by atoms with van der Waals surface area (Å²) in [7, 11) is 0. The highest BCUT2D eigenvalue weighted by atomic mass is 80.0. The SMILES string of the molecule is CCCOC(Br)(Br)C(Br)(Br)C(Br)(Br)C(Br)(Br)Br. The smallest absolute Gasteiger partial charge is 0.205 e. The topological polar surface area (TPSA) is 9.23 Å². The largest absolute Gasteiger partial charge is 0.352 e. The first kappa shape index (κ1) is 21.3. The van der Waals surface area contributed by atoms with Gasteiger partial charge in [0.15, 0.2) is 5.38 Å². The lowest BCUT2D eigenvalue weighted by Gasteiger charge is -2.46. The van der Waals surface area contributed by atoms with Crippen LogP contribution < -0.4 is 0 Å². The minimum Gasteiger partial charge on any atom is -0.352 e. The van der Waals surface area contributed by atoms with Gasteiger partial charge in [0.1, 0.15) is 3.23 Å². The third kappa shape index (κ3) is 5.15. The minimum atomic E-state index is -0.837. The monoisotopic (exact) mass is 817 g/mol. The van der Waals surface area contributed by atoms with Gasteiger partial charge in [-0.15, -0.1) is 0 Å². The van der Waals surface area contributed by atoms with Crippen LogP contribution in [-0.2, 0) is 4.74 Å². The van der Waals surface area contributed by atoms with Gasteiger partial charge in [-0.25, -0.2) is 0 Å². The molecule has 0 aromatic heterocycles. The van der Waals surface area contributed by atoms with Gasteiger partial charge in [0.2, 0.25) is 3.42 Å². The second kappa shape index (κ2) is 7.70. The Morgan fingerprint density at radius 3 is 1.47 bits per heavy atom. The first-order chi connectivity index (χ1) is 7.31. The molecule has 0 N–H and O–H groups in total. The van der Waals surface area contributed by atoms with Gasteiger partial charge in [-0.2, -0.15) is 0 Å². The predicted molar refractivity (Wildman–Crippen MR) is 108 cm³/mol. The van der Waals surface area contributed by atoms with E-state index in [1.54, 1.807) is 0 Å². The van der Waals surface area contributed by atoms with Crippen LogP contribution >= 0.6 is 143 Å². The molecule has 0 aliphatic heterocycles. The zero-order valence-corrected chi connectivity index (χ0v) is 22.5. The van der Waals surface area contributed by atoms with E-state index in [9.17, 15) is 0 Å². The van der Waals surface area contributed by atoms with Crippen LogP contribution in [0.4, 0.5) is 0 Å². The zero-order chi connectivity index (χ0) is 14.1. The molecule has 17 heavy (non-hydrogen) atoms. The molecule has 0 saturated carbocycles. The molecular formula is C7H7Br9O. The fourth-order valence-electron chi connectivity index (χ4n) is 0.682. The summed E-state index contributed by atoms with van der Waals surface area (Å²) in [4.78, 5) is 0. The number of alkyl halides is 9. The standard InChI is InChI=1S/C7H7Br9O/c1-2-3-17-7(15,16)5(10,11)4(8,9)6(12,13)14/h2-3H2,1H3. The summed E-state index contributed by atoms with van der Waals surface area (Å²) in [6.07, 6.45) is 0.911. The maximum absolute atomic E-state index is 5.74. The number of ether oxygens (including phenoxy) is 1. The zero-order valence-electron chi connectivity index (χ0n) is 8.22. The molecule has 0 amide bonds. The van der Waals surface area contributed by atoms with Crippen LogP contribution in [0.3, 0.4) is 0 Å². The quantitative estimate of drug-likeness (QED) is 0.259. The van der Waals surface area contributed by atoms with E-state index in [1.165, 1.54) is 0 Å². The Morgan fingerprint density at radius 2 is 1.18 bits per heavy atom. The average Bonchev–Trinajstić information content (AvgIpc) is 2.12. The van der Waals surface area contributed by atoms with Crippen LogP contribution in [0.5, 0.6) is 0 Å². The second-order valence-electron chi connectivity index (χ2n) is 3.01. The molecule has 1 nitrogen and oxygen atoms in total. The van der Waals surface area contributed by atoms with Gasteiger partial charge in [-0.05, 0) is 38.3 Å². The lowest BCUT2D eigenvalue weighted by atomic mass is 10.3. The van der Waals surface area contributed by atoms with Crippen LogP contribution in [0.1, 0.15) is 13.3 Å². The molecule has 0 aromatic carbocycles. The molecule has 0 fully saturated rings. The van der Waals surface area contributed by atoms with Crippen LogP contribution in [0.2, 0.25) is 0 Å². The van der Waals surface area contributed by atoms with Crippen molar-refractivity contribution in [1.82, 2.24) is 0 Å². The molecule has 0 unspecified atom stereocenters. The van der Waals surface area contributed by atoms with Crippen molar-refractivity contribution in [2.24, 2.45) is 0 Å². The molecule has 0 atom stereocenters. The molecule has 104 valence electrons. The maximum Gasteiger partial charge on any atom is 0.205 e. The van der Waals surface area contributed by atoms with Crippen molar-refractivity contribution in [3.63, 3.8) is 0 Å². The Balaban J connectivity index is 5.24. The fourth-order valence-corrected chi connectivity index (χ4v) is 6.53. The van der Waals surface area contributed by atoms with Gasteiger partial charge in [0.25, 0.3) is 0 Å². The molecule has 0 rings (SSSR count). The first-order valence-electron chi connectivity index (χ1n) is 4.15. The lowest BCUT2D eigenvalue weighted by Crippen LogP contribution is -2.54.